The lowest BCUT2D eigenvalue weighted by atomic mass is 9.98. The first-order valence-electron chi connectivity index (χ1n) is 15.3. The Morgan fingerprint density at radius 3 is 1.71 bits per heavy atom. The number of nitrogens with zero attached hydrogens (tertiary/aromatic N) is 2. The maximum atomic E-state index is 2.45. The second-order valence-corrected chi connectivity index (χ2v) is 12.4. The van der Waals surface area contributed by atoms with Gasteiger partial charge in [0.1, 0.15) is 0 Å². The summed E-state index contributed by atoms with van der Waals surface area (Å²) in [6.07, 6.45) is 0. The Balaban J connectivity index is 1.31. The molecule has 7 aromatic carbocycles. The molecule has 0 aliphatic carbocycles. The third-order valence-corrected chi connectivity index (χ3v) is 9.96. The molecule has 45 heavy (non-hydrogen) atoms. The van der Waals surface area contributed by atoms with Gasteiger partial charge >= 0.3 is 0 Å². The lowest BCUT2D eigenvalue weighted by Crippen LogP contribution is -2.09. The highest BCUT2D eigenvalue weighted by Gasteiger charge is 2.21. The van der Waals surface area contributed by atoms with E-state index in [1.807, 2.05) is 11.3 Å². The van der Waals surface area contributed by atoms with Crippen LogP contribution in [0.15, 0.2) is 170 Å². The van der Waals surface area contributed by atoms with Crippen LogP contribution in [0.3, 0.4) is 0 Å². The third kappa shape index (κ3) is 4.16. The number of benzene rings is 7. The van der Waals surface area contributed by atoms with Crippen LogP contribution in [0.4, 0.5) is 17.1 Å². The fraction of sp³-hybridized carbons (Fsp3) is 0. The highest BCUT2D eigenvalue weighted by Crippen LogP contribution is 2.47. The molecule has 0 atom stereocenters. The molecule has 0 aliphatic rings. The monoisotopic (exact) mass is 592 g/mol. The smallest absolute Gasteiger partial charge is 0.0634 e. The Bertz CT molecular complexity index is 2420. The Morgan fingerprint density at radius 1 is 0.467 bits per heavy atom. The average molecular weight is 593 g/mol. The number of fused-ring (bicyclic) bond motifs is 7. The van der Waals surface area contributed by atoms with E-state index in [2.05, 4.69) is 179 Å². The molecule has 0 fully saturated rings. The Kier molecular flexibility index (Phi) is 6.03. The quantitative estimate of drug-likeness (QED) is 0.193. The van der Waals surface area contributed by atoms with Gasteiger partial charge in [-0.2, -0.15) is 0 Å². The van der Waals surface area contributed by atoms with Crippen LogP contribution in [0.1, 0.15) is 0 Å². The van der Waals surface area contributed by atoms with E-state index in [4.69, 9.17) is 0 Å². The molecule has 0 radical (unpaired) electrons. The predicted octanol–water partition coefficient (Wildman–Crippen LogP) is 12.3. The topological polar surface area (TPSA) is 8.17 Å². The lowest BCUT2D eigenvalue weighted by Gasteiger charge is -2.25. The Hall–Kier alpha value is -5.64. The summed E-state index contributed by atoms with van der Waals surface area (Å²) in [7, 11) is 0. The molecule has 0 saturated carbocycles. The van der Waals surface area contributed by atoms with Crippen molar-refractivity contribution in [3.05, 3.63) is 170 Å². The summed E-state index contributed by atoms with van der Waals surface area (Å²) in [6, 6.07) is 61.1. The molecule has 2 nitrogen and oxygen atoms in total. The summed E-state index contributed by atoms with van der Waals surface area (Å²) >= 11 is 1.89. The molecule has 9 aromatic rings. The molecule has 0 amide bonds. The van der Waals surface area contributed by atoms with Crippen molar-refractivity contribution in [3.8, 4) is 16.8 Å². The highest BCUT2D eigenvalue weighted by molar-refractivity contribution is 7.26. The molecule has 0 aliphatic heterocycles. The van der Waals surface area contributed by atoms with Crippen LogP contribution in [-0.4, -0.2) is 4.57 Å². The molecule has 9 rings (SSSR count). The lowest BCUT2D eigenvalue weighted by molar-refractivity contribution is 1.19. The molecular formula is C42H28N2S. The molecule has 2 aromatic heterocycles. The van der Waals surface area contributed by atoms with Gasteiger partial charge in [0.25, 0.3) is 0 Å². The largest absolute Gasteiger partial charge is 0.311 e. The van der Waals surface area contributed by atoms with Crippen molar-refractivity contribution in [3.63, 3.8) is 0 Å². The van der Waals surface area contributed by atoms with Crippen LogP contribution in [0, 0.1) is 0 Å². The number of aromatic nitrogens is 1. The van der Waals surface area contributed by atoms with Crippen molar-refractivity contribution in [1.29, 1.82) is 0 Å². The van der Waals surface area contributed by atoms with Gasteiger partial charge in [0, 0.05) is 59.3 Å². The Labute approximate surface area is 265 Å². The van der Waals surface area contributed by atoms with Crippen molar-refractivity contribution < 1.29 is 0 Å². The highest BCUT2D eigenvalue weighted by atomic mass is 32.1. The van der Waals surface area contributed by atoms with E-state index in [0.29, 0.717) is 0 Å². The van der Waals surface area contributed by atoms with Crippen molar-refractivity contribution in [1.82, 2.24) is 4.57 Å². The second kappa shape index (κ2) is 10.5. The zero-order chi connectivity index (χ0) is 29.7. The minimum Gasteiger partial charge on any atom is -0.311 e. The number of para-hydroxylation sites is 4. The van der Waals surface area contributed by atoms with E-state index >= 15 is 0 Å². The van der Waals surface area contributed by atoms with Crippen molar-refractivity contribution in [2.45, 2.75) is 0 Å². The van der Waals surface area contributed by atoms with Crippen LogP contribution in [0.2, 0.25) is 0 Å². The minimum atomic E-state index is 1.13. The van der Waals surface area contributed by atoms with Crippen LogP contribution in [0.25, 0.3) is 58.8 Å². The SMILES string of the molecule is c1ccc(N(c2ccccc2)c2ccc(-c3cc4c5ccccc5n(-c5ccccc5)c4c4c3sc3ccccc34)cc2)cc1. The molecule has 0 spiro atoms. The van der Waals surface area contributed by atoms with Crippen LogP contribution < -0.4 is 4.90 Å². The molecule has 212 valence electrons. The summed E-state index contributed by atoms with van der Waals surface area (Å²) in [5, 5.41) is 5.17. The zero-order valence-electron chi connectivity index (χ0n) is 24.5. The summed E-state index contributed by atoms with van der Waals surface area (Å²) in [5.74, 6) is 0. The summed E-state index contributed by atoms with van der Waals surface area (Å²) < 4.78 is 5.08. The number of thiophene rings is 1. The third-order valence-electron chi connectivity index (χ3n) is 8.76. The van der Waals surface area contributed by atoms with Gasteiger partial charge in [-0.05, 0) is 72.3 Å². The van der Waals surface area contributed by atoms with Gasteiger partial charge in [-0.15, -0.1) is 11.3 Å². The predicted molar refractivity (Wildman–Crippen MR) is 194 cm³/mol. The molecule has 0 unspecified atom stereocenters. The summed E-state index contributed by atoms with van der Waals surface area (Å²) in [4.78, 5) is 2.31. The summed E-state index contributed by atoms with van der Waals surface area (Å²) in [6.45, 7) is 0. The molecule has 3 heteroatoms. The maximum Gasteiger partial charge on any atom is 0.0634 e. The number of hydrogen-bond donors (Lipinski definition) is 0. The minimum absolute atomic E-state index is 1.13. The van der Waals surface area contributed by atoms with E-state index in [1.54, 1.807) is 0 Å². The van der Waals surface area contributed by atoms with Crippen LogP contribution in [0.5, 0.6) is 0 Å². The van der Waals surface area contributed by atoms with Crippen LogP contribution in [-0.2, 0) is 0 Å². The Morgan fingerprint density at radius 2 is 1.02 bits per heavy atom. The molecule has 0 saturated heterocycles. The van der Waals surface area contributed by atoms with E-state index in [-0.39, 0.29) is 0 Å². The summed E-state index contributed by atoms with van der Waals surface area (Å²) in [5.41, 5.74) is 9.57. The molecular weight excluding hydrogens is 565 g/mol. The van der Waals surface area contributed by atoms with Crippen molar-refractivity contribution in [2.75, 3.05) is 4.90 Å². The first kappa shape index (κ1) is 25.8. The van der Waals surface area contributed by atoms with Gasteiger partial charge < -0.3 is 9.47 Å². The normalized spacial score (nSPS) is 11.6. The fourth-order valence-electron chi connectivity index (χ4n) is 6.79. The zero-order valence-corrected chi connectivity index (χ0v) is 25.3. The van der Waals surface area contributed by atoms with Gasteiger partial charge in [0.15, 0.2) is 0 Å². The average Bonchev–Trinajstić information content (AvgIpc) is 3.66. The fourth-order valence-corrected chi connectivity index (χ4v) is 8.03. The van der Waals surface area contributed by atoms with Crippen molar-refractivity contribution in [2.24, 2.45) is 0 Å². The first-order chi connectivity index (χ1) is 22.3. The van der Waals surface area contributed by atoms with Gasteiger partial charge in [-0.1, -0.05) is 103 Å². The molecule has 0 N–H and O–H groups in total. The van der Waals surface area contributed by atoms with Gasteiger partial charge in [0.2, 0.25) is 0 Å². The molecule has 0 bridgehead atoms. The number of hydrogen-bond acceptors (Lipinski definition) is 2. The number of anilines is 3. The first-order valence-corrected chi connectivity index (χ1v) is 16.1. The standard InChI is InChI=1S/C42H28N2S/c1-4-14-30(15-5-1)43(31-16-6-2-7-17-31)33-26-24-29(25-27-33)36-28-37-34-20-10-12-22-38(34)44(32-18-8-3-9-19-32)41(37)40-35-21-11-13-23-39(35)45-42(36)40/h1-28H. The molecule has 2 heterocycles. The van der Waals surface area contributed by atoms with E-state index < -0.39 is 0 Å². The van der Waals surface area contributed by atoms with E-state index in [9.17, 15) is 0 Å². The maximum absolute atomic E-state index is 2.45. The number of rotatable bonds is 5. The van der Waals surface area contributed by atoms with Gasteiger partial charge in [0.05, 0.1) is 11.0 Å². The van der Waals surface area contributed by atoms with Gasteiger partial charge in [-0.25, -0.2) is 0 Å². The van der Waals surface area contributed by atoms with Crippen molar-refractivity contribution >= 4 is 70.4 Å². The van der Waals surface area contributed by atoms with Crippen LogP contribution >= 0.6 is 11.3 Å². The van der Waals surface area contributed by atoms with E-state index in [1.165, 1.54) is 58.8 Å². The van der Waals surface area contributed by atoms with Gasteiger partial charge in [-0.3, -0.25) is 0 Å². The van der Waals surface area contributed by atoms with E-state index in [0.717, 1.165) is 17.1 Å². The second-order valence-electron chi connectivity index (χ2n) is 11.4.